The molecule has 0 spiro atoms. The first-order valence-corrected chi connectivity index (χ1v) is 11.9. The standard InChI is InChI=1S/C23H22Cl2N2O4S/c1-15-10-20(8-9-22(15)31-2)32(29,30)27-21(11-16-6-4-3-5-7-16)23(28)26-19-13-17(24)12-18(25)14-19/h3-10,12-14,21,27H,11H2,1-2H3,(H,26,28). The summed E-state index contributed by atoms with van der Waals surface area (Å²) >= 11 is 12.0. The molecule has 0 aliphatic heterocycles. The fourth-order valence-electron chi connectivity index (χ4n) is 3.17. The van der Waals surface area contributed by atoms with Gasteiger partial charge in [0.1, 0.15) is 11.8 Å². The highest BCUT2D eigenvalue weighted by molar-refractivity contribution is 7.89. The molecule has 0 saturated heterocycles. The molecule has 0 bridgehead atoms. The number of nitrogens with one attached hydrogen (secondary N) is 2. The first-order valence-electron chi connectivity index (χ1n) is 9.66. The van der Waals surface area contributed by atoms with Crippen LogP contribution < -0.4 is 14.8 Å². The lowest BCUT2D eigenvalue weighted by molar-refractivity contribution is -0.117. The van der Waals surface area contributed by atoms with Crippen molar-refractivity contribution in [1.82, 2.24) is 4.72 Å². The number of anilines is 1. The van der Waals surface area contributed by atoms with Crippen molar-refractivity contribution < 1.29 is 17.9 Å². The summed E-state index contributed by atoms with van der Waals surface area (Å²) < 4.78 is 33.9. The maximum absolute atomic E-state index is 13.1. The van der Waals surface area contributed by atoms with Gasteiger partial charge in [0, 0.05) is 15.7 Å². The molecule has 3 aromatic rings. The quantitative estimate of drug-likeness (QED) is 0.471. The van der Waals surface area contributed by atoms with Gasteiger partial charge in [-0.25, -0.2) is 8.42 Å². The van der Waals surface area contributed by atoms with Gasteiger partial charge in [-0.2, -0.15) is 4.72 Å². The van der Waals surface area contributed by atoms with E-state index in [1.54, 1.807) is 13.0 Å². The third-order valence-electron chi connectivity index (χ3n) is 4.70. The Morgan fingerprint density at radius 1 is 1.00 bits per heavy atom. The summed E-state index contributed by atoms with van der Waals surface area (Å²) in [5.74, 6) is 0.0290. The molecule has 32 heavy (non-hydrogen) atoms. The minimum absolute atomic E-state index is 0.0347. The number of benzene rings is 3. The molecule has 0 heterocycles. The fourth-order valence-corrected chi connectivity index (χ4v) is 4.97. The lowest BCUT2D eigenvalue weighted by atomic mass is 10.1. The van der Waals surface area contributed by atoms with E-state index in [4.69, 9.17) is 27.9 Å². The zero-order chi connectivity index (χ0) is 23.3. The second-order valence-corrected chi connectivity index (χ2v) is 9.73. The second kappa shape index (κ2) is 10.4. The van der Waals surface area contributed by atoms with Crippen molar-refractivity contribution in [2.24, 2.45) is 0 Å². The second-order valence-electron chi connectivity index (χ2n) is 7.14. The van der Waals surface area contributed by atoms with Crippen LogP contribution in [0.15, 0.2) is 71.6 Å². The summed E-state index contributed by atoms with van der Waals surface area (Å²) in [6.07, 6.45) is 0.148. The molecule has 168 valence electrons. The van der Waals surface area contributed by atoms with Crippen LogP contribution in [0.2, 0.25) is 10.0 Å². The molecule has 1 unspecified atom stereocenters. The smallest absolute Gasteiger partial charge is 0.242 e. The van der Waals surface area contributed by atoms with E-state index in [0.29, 0.717) is 27.0 Å². The molecule has 2 N–H and O–H groups in total. The van der Waals surface area contributed by atoms with Gasteiger partial charge in [0.05, 0.1) is 12.0 Å². The van der Waals surface area contributed by atoms with E-state index in [9.17, 15) is 13.2 Å². The first kappa shape index (κ1) is 24.1. The summed E-state index contributed by atoms with van der Waals surface area (Å²) in [5.41, 5.74) is 1.82. The lowest BCUT2D eigenvalue weighted by Crippen LogP contribution is -2.45. The highest BCUT2D eigenvalue weighted by atomic mass is 35.5. The molecule has 6 nitrogen and oxygen atoms in total. The lowest BCUT2D eigenvalue weighted by Gasteiger charge is -2.19. The van der Waals surface area contributed by atoms with Crippen molar-refractivity contribution in [3.8, 4) is 5.75 Å². The molecule has 3 aromatic carbocycles. The van der Waals surface area contributed by atoms with Gasteiger partial charge in [-0.15, -0.1) is 0 Å². The molecule has 0 aromatic heterocycles. The molecule has 0 aliphatic carbocycles. The summed E-state index contributed by atoms with van der Waals surface area (Å²) in [5, 5.41) is 3.39. The van der Waals surface area contributed by atoms with Crippen molar-refractivity contribution >= 4 is 44.8 Å². The number of hydrogen-bond acceptors (Lipinski definition) is 4. The largest absolute Gasteiger partial charge is 0.496 e. The van der Waals surface area contributed by atoms with Crippen LogP contribution in [-0.4, -0.2) is 27.5 Å². The van der Waals surface area contributed by atoms with Gasteiger partial charge >= 0.3 is 0 Å². The molecule has 9 heteroatoms. The maximum Gasteiger partial charge on any atom is 0.242 e. The van der Waals surface area contributed by atoms with Crippen LogP contribution >= 0.6 is 23.2 Å². The van der Waals surface area contributed by atoms with E-state index in [1.165, 1.54) is 37.4 Å². The molecule has 0 saturated carbocycles. The molecule has 1 amide bonds. The van der Waals surface area contributed by atoms with Crippen LogP contribution in [0.4, 0.5) is 5.69 Å². The molecule has 0 fully saturated rings. The number of hydrogen-bond donors (Lipinski definition) is 2. The van der Waals surface area contributed by atoms with Gasteiger partial charge in [-0.3, -0.25) is 4.79 Å². The Hall–Kier alpha value is -2.58. The van der Waals surface area contributed by atoms with Gasteiger partial charge in [0.25, 0.3) is 0 Å². The summed E-state index contributed by atoms with van der Waals surface area (Å²) in [6.45, 7) is 1.74. The van der Waals surface area contributed by atoms with Crippen LogP contribution in [0.1, 0.15) is 11.1 Å². The first-order chi connectivity index (χ1) is 15.2. The molecular formula is C23H22Cl2N2O4S. The number of ether oxygens (including phenoxy) is 1. The number of carbonyl (C=O) groups excluding carboxylic acids is 1. The molecule has 3 rings (SSSR count). The van der Waals surface area contributed by atoms with Crippen molar-refractivity contribution in [3.05, 3.63) is 87.9 Å². The predicted octanol–water partition coefficient (Wildman–Crippen LogP) is 4.84. The highest BCUT2D eigenvalue weighted by Gasteiger charge is 2.27. The minimum atomic E-state index is -4.00. The van der Waals surface area contributed by atoms with Crippen LogP contribution in [0.3, 0.4) is 0 Å². The van der Waals surface area contributed by atoms with Crippen molar-refractivity contribution in [2.75, 3.05) is 12.4 Å². The van der Waals surface area contributed by atoms with Gasteiger partial charge in [-0.1, -0.05) is 53.5 Å². The Kier molecular flexibility index (Phi) is 7.79. The van der Waals surface area contributed by atoms with Gasteiger partial charge < -0.3 is 10.1 Å². The Morgan fingerprint density at radius 2 is 1.66 bits per heavy atom. The number of rotatable bonds is 8. The average molecular weight is 493 g/mol. The third-order valence-corrected chi connectivity index (χ3v) is 6.61. The van der Waals surface area contributed by atoms with E-state index >= 15 is 0 Å². The van der Waals surface area contributed by atoms with E-state index < -0.39 is 22.0 Å². The SMILES string of the molecule is COc1ccc(S(=O)(=O)NC(Cc2ccccc2)C(=O)Nc2cc(Cl)cc(Cl)c2)cc1C. The van der Waals surface area contributed by atoms with Crippen LogP contribution in [0.25, 0.3) is 0 Å². The third kappa shape index (κ3) is 6.23. The number of amides is 1. The zero-order valence-electron chi connectivity index (χ0n) is 17.4. The average Bonchev–Trinajstić information content (AvgIpc) is 2.73. The van der Waals surface area contributed by atoms with Crippen molar-refractivity contribution in [1.29, 1.82) is 0 Å². The number of sulfonamides is 1. The maximum atomic E-state index is 13.1. The molecular weight excluding hydrogens is 471 g/mol. The fraction of sp³-hybridized carbons (Fsp3) is 0.174. The topological polar surface area (TPSA) is 84.5 Å². The Bertz CT molecular complexity index is 1200. The Labute approximate surface area is 197 Å². The normalized spacial score (nSPS) is 12.2. The molecule has 0 aliphatic rings. The highest BCUT2D eigenvalue weighted by Crippen LogP contribution is 2.24. The molecule has 1 atom stereocenters. The predicted molar refractivity (Wildman–Crippen MR) is 127 cm³/mol. The van der Waals surface area contributed by atoms with Gasteiger partial charge in [0.2, 0.25) is 15.9 Å². The Morgan fingerprint density at radius 3 is 2.25 bits per heavy atom. The number of aryl methyl sites for hydroxylation is 1. The van der Waals surface area contributed by atoms with Gasteiger partial charge in [0.15, 0.2) is 0 Å². The van der Waals surface area contributed by atoms with Crippen LogP contribution in [0, 0.1) is 6.92 Å². The van der Waals surface area contributed by atoms with Gasteiger partial charge in [-0.05, 0) is 60.9 Å². The summed E-state index contributed by atoms with van der Waals surface area (Å²) in [4.78, 5) is 13.1. The minimum Gasteiger partial charge on any atom is -0.496 e. The molecule has 0 radical (unpaired) electrons. The summed E-state index contributed by atoms with van der Waals surface area (Å²) in [6, 6.07) is 17.2. The van der Waals surface area contributed by atoms with E-state index in [2.05, 4.69) is 10.0 Å². The van der Waals surface area contributed by atoms with Crippen LogP contribution in [0.5, 0.6) is 5.75 Å². The van der Waals surface area contributed by atoms with Crippen molar-refractivity contribution in [3.63, 3.8) is 0 Å². The zero-order valence-corrected chi connectivity index (χ0v) is 19.8. The number of carbonyl (C=O) groups is 1. The number of halogens is 2. The van der Waals surface area contributed by atoms with E-state index in [-0.39, 0.29) is 11.3 Å². The summed E-state index contributed by atoms with van der Waals surface area (Å²) in [7, 11) is -2.49. The van der Waals surface area contributed by atoms with E-state index in [1.807, 2.05) is 30.3 Å². The number of methoxy groups -OCH3 is 1. The monoisotopic (exact) mass is 492 g/mol. The van der Waals surface area contributed by atoms with E-state index in [0.717, 1.165) is 5.56 Å². The Balaban J connectivity index is 1.89. The van der Waals surface area contributed by atoms with Crippen molar-refractivity contribution in [2.45, 2.75) is 24.3 Å². The van der Waals surface area contributed by atoms with Crippen LogP contribution in [-0.2, 0) is 21.2 Å².